The van der Waals surface area contributed by atoms with Crippen LogP contribution in [0.25, 0.3) is 0 Å². The molecule has 0 saturated carbocycles. The van der Waals surface area contributed by atoms with Gasteiger partial charge in [-0.05, 0) is 30.8 Å². The van der Waals surface area contributed by atoms with Crippen LogP contribution in [0.15, 0.2) is 42.6 Å². The second kappa shape index (κ2) is 6.91. The molecule has 0 unspecified atom stereocenters. The van der Waals surface area contributed by atoms with Gasteiger partial charge in [0.25, 0.3) is 0 Å². The van der Waals surface area contributed by atoms with Crippen molar-refractivity contribution in [3.63, 3.8) is 0 Å². The Balaban J connectivity index is 1.96. The van der Waals surface area contributed by atoms with E-state index in [1.165, 1.54) is 5.56 Å². The third kappa shape index (κ3) is 3.96. The molecule has 0 atom stereocenters. The molecule has 0 amide bonds. The minimum atomic E-state index is 0.483. The van der Waals surface area contributed by atoms with Crippen molar-refractivity contribution in [1.82, 2.24) is 10.3 Å². The van der Waals surface area contributed by atoms with Crippen molar-refractivity contribution in [1.29, 1.82) is 0 Å². The van der Waals surface area contributed by atoms with Crippen molar-refractivity contribution in [3.05, 3.63) is 53.9 Å². The zero-order chi connectivity index (χ0) is 14.4. The maximum absolute atomic E-state index is 5.78. The summed E-state index contributed by atoms with van der Waals surface area (Å²) >= 11 is 0. The predicted octanol–water partition coefficient (Wildman–Crippen LogP) is 2.45. The van der Waals surface area contributed by atoms with Crippen LogP contribution in [0.3, 0.4) is 0 Å². The van der Waals surface area contributed by atoms with E-state index in [0.717, 1.165) is 23.7 Å². The van der Waals surface area contributed by atoms with E-state index in [2.05, 4.69) is 27.3 Å². The first kappa shape index (κ1) is 14.3. The van der Waals surface area contributed by atoms with Crippen LogP contribution < -0.4 is 15.0 Å². The summed E-state index contributed by atoms with van der Waals surface area (Å²) in [5.41, 5.74) is 3.23. The molecule has 4 heteroatoms. The molecule has 0 aliphatic carbocycles. The number of ether oxygens (including phenoxy) is 1. The van der Waals surface area contributed by atoms with E-state index in [0.29, 0.717) is 6.61 Å². The number of anilines is 1. The molecule has 1 aromatic heterocycles. The maximum atomic E-state index is 5.78. The van der Waals surface area contributed by atoms with Crippen molar-refractivity contribution in [3.8, 4) is 5.75 Å². The van der Waals surface area contributed by atoms with Gasteiger partial charge in [0.15, 0.2) is 0 Å². The fourth-order valence-corrected chi connectivity index (χ4v) is 1.86. The molecule has 20 heavy (non-hydrogen) atoms. The van der Waals surface area contributed by atoms with Crippen LogP contribution in [0.1, 0.15) is 11.3 Å². The first-order chi connectivity index (χ1) is 9.69. The fourth-order valence-electron chi connectivity index (χ4n) is 1.86. The van der Waals surface area contributed by atoms with Crippen LogP contribution in [0.4, 0.5) is 5.69 Å². The van der Waals surface area contributed by atoms with Gasteiger partial charge in [0.05, 0.1) is 5.69 Å². The van der Waals surface area contributed by atoms with E-state index in [1.54, 1.807) is 0 Å². The minimum absolute atomic E-state index is 0.483. The van der Waals surface area contributed by atoms with Crippen LogP contribution in [-0.4, -0.2) is 26.1 Å². The Kier molecular flexibility index (Phi) is 4.96. The second-order valence-corrected chi connectivity index (χ2v) is 4.87. The Bertz CT molecular complexity index is 538. The number of rotatable bonds is 6. The predicted molar refractivity (Wildman–Crippen MR) is 82.1 cm³/mol. The van der Waals surface area contributed by atoms with Gasteiger partial charge in [0.1, 0.15) is 12.4 Å². The lowest BCUT2D eigenvalue weighted by Gasteiger charge is -2.14. The highest BCUT2D eigenvalue weighted by Gasteiger charge is 2.00. The van der Waals surface area contributed by atoms with Crippen LogP contribution in [-0.2, 0) is 13.2 Å². The van der Waals surface area contributed by atoms with Crippen LogP contribution >= 0.6 is 0 Å². The van der Waals surface area contributed by atoms with Crippen molar-refractivity contribution in [2.45, 2.75) is 13.2 Å². The molecule has 0 fully saturated rings. The third-order valence-electron chi connectivity index (χ3n) is 2.99. The molecule has 2 rings (SSSR count). The van der Waals surface area contributed by atoms with Crippen molar-refractivity contribution >= 4 is 5.69 Å². The highest BCUT2D eigenvalue weighted by atomic mass is 16.5. The number of nitrogens with zero attached hydrogens (tertiary/aromatic N) is 2. The molecule has 0 aliphatic heterocycles. The molecule has 1 aromatic carbocycles. The summed E-state index contributed by atoms with van der Waals surface area (Å²) in [6.07, 6.45) is 1.88. The van der Waals surface area contributed by atoms with Gasteiger partial charge in [-0.3, -0.25) is 4.98 Å². The average Bonchev–Trinajstić information content (AvgIpc) is 2.47. The lowest BCUT2D eigenvalue weighted by Crippen LogP contribution is -2.08. The van der Waals surface area contributed by atoms with Gasteiger partial charge >= 0.3 is 0 Å². The monoisotopic (exact) mass is 271 g/mol. The second-order valence-electron chi connectivity index (χ2n) is 4.87. The van der Waals surface area contributed by atoms with Gasteiger partial charge in [0.2, 0.25) is 0 Å². The summed E-state index contributed by atoms with van der Waals surface area (Å²) < 4.78 is 5.78. The smallest absolute Gasteiger partial charge is 0.130 e. The number of aromatic nitrogens is 1. The summed E-state index contributed by atoms with van der Waals surface area (Å²) in [6, 6.07) is 12.1. The van der Waals surface area contributed by atoms with E-state index in [1.807, 2.05) is 51.6 Å². The lowest BCUT2D eigenvalue weighted by molar-refractivity contribution is 0.301. The molecule has 1 heterocycles. The van der Waals surface area contributed by atoms with Crippen molar-refractivity contribution < 1.29 is 4.74 Å². The summed E-state index contributed by atoms with van der Waals surface area (Å²) in [7, 11) is 5.96. The van der Waals surface area contributed by atoms with Gasteiger partial charge in [-0.2, -0.15) is 0 Å². The van der Waals surface area contributed by atoms with Gasteiger partial charge < -0.3 is 15.0 Å². The van der Waals surface area contributed by atoms with Gasteiger partial charge in [-0.25, -0.2) is 0 Å². The van der Waals surface area contributed by atoms with E-state index < -0.39 is 0 Å². The van der Waals surface area contributed by atoms with Crippen molar-refractivity contribution in [2.75, 3.05) is 26.0 Å². The zero-order valence-corrected chi connectivity index (χ0v) is 12.3. The molecule has 1 N–H and O–H groups in total. The molecule has 0 spiro atoms. The summed E-state index contributed by atoms with van der Waals surface area (Å²) in [5, 5.41) is 3.10. The maximum Gasteiger partial charge on any atom is 0.130 e. The zero-order valence-electron chi connectivity index (χ0n) is 12.3. The van der Waals surface area contributed by atoms with Crippen LogP contribution in [0, 0.1) is 0 Å². The van der Waals surface area contributed by atoms with Gasteiger partial charge in [-0.15, -0.1) is 0 Å². The van der Waals surface area contributed by atoms with Gasteiger partial charge in [-0.1, -0.05) is 12.1 Å². The molecule has 0 aliphatic rings. The molecule has 0 saturated heterocycles. The largest absolute Gasteiger partial charge is 0.487 e. The fraction of sp³-hybridized carbons (Fsp3) is 0.312. The minimum Gasteiger partial charge on any atom is -0.487 e. The number of benzene rings is 1. The quantitative estimate of drug-likeness (QED) is 0.875. The highest BCUT2D eigenvalue weighted by Crippen LogP contribution is 2.20. The Morgan fingerprint density at radius 3 is 2.70 bits per heavy atom. The number of nitrogens with one attached hydrogen (secondary N) is 1. The molecule has 0 bridgehead atoms. The van der Waals surface area contributed by atoms with Crippen molar-refractivity contribution in [2.24, 2.45) is 0 Å². The SMILES string of the molecule is CNCc1ccc(COc2cccc(N(C)C)c2)nc1. The van der Waals surface area contributed by atoms with E-state index >= 15 is 0 Å². The third-order valence-corrected chi connectivity index (χ3v) is 2.99. The first-order valence-electron chi connectivity index (χ1n) is 6.67. The summed E-state index contributed by atoms with van der Waals surface area (Å²) in [5.74, 6) is 0.859. The molecule has 4 nitrogen and oxygen atoms in total. The molecule has 2 aromatic rings. The Morgan fingerprint density at radius 1 is 1.20 bits per heavy atom. The van der Waals surface area contributed by atoms with Gasteiger partial charge in [0, 0.05) is 38.6 Å². The highest BCUT2D eigenvalue weighted by molar-refractivity contribution is 5.49. The Labute approximate surface area is 120 Å². The Morgan fingerprint density at radius 2 is 2.05 bits per heavy atom. The lowest BCUT2D eigenvalue weighted by atomic mass is 10.2. The number of hydrogen-bond donors (Lipinski definition) is 1. The summed E-state index contributed by atoms with van der Waals surface area (Å²) in [4.78, 5) is 6.45. The molecule has 106 valence electrons. The van der Waals surface area contributed by atoms with E-state index in [-0.39, 0.29) is 0 Å². The first-order valence-corrected chi connectivity index (χ1v) is 6.67. The molecule has 0 radical (unpaired) electrons. The standard InChI is InChI=1S/C16H21N3O/c1-17-10-13-7-8-14(18-11-13)12-20-16-6-4-5-15(9-16)19(2)3/h4-9,11,17H,10,12H2,1-3H3. The number of pyridine rings is 1. The normalized spacial score (nSPS) is 10.3. The molecular formula is C16H21N3O. The average molecular weight is 271 g/mol. The topological polar surface area (TPSA) is 37.4 Å². The Hall–Kier alpha value is -2.07. The van der Waals surface area contributed by atoms with E-state index in [4.69, 9.17) is 4.74 Å². The summed E-state index contributed by atoms with van der Waals surface area (Å²) in [6.45, 7) is 1.32. The van der Waals surface area contributed by atoms with E-state index in [9.17, 15) is 0 Å². The molecular weight excluding hydrogens is 250 g/mol. The number of hydrogen-bond acceptors (Lipinski definition) is 4. The van der Waals surface area contributed by atoms with Crippen LogP contribution in [0.2, 0.25) is 0 Å². The van der Waals surface area contributed by atoms with Crippen LogP contribution in [0.5, 0.6) is 5.75 Å².